The Morgan fingerprint density at radius 2 is 1.27 bits per heavy atom. The van der Waals surface area contributed by atoms with Crippen molar-refractivity contribution in [1.82, 2.24) is 14.5 Å². The Balaban J connectivity index is 1.15. The fourth-order valence-electron chi connectivity index (χ4n) is 6.68. The summed E-state index contributed by atoms with van der Waals surface area (Å²) < 4.78 is 5.23. The van der Waals surface area contributed by atoms with Gasteiger partial charge < -0.3 is 4.57 Å². The van der Waals surface area contributed by atoms with Gasteiger partial charge >= 0.3 is 0 Å². The minimum atomic E-state index is 0.193. The van der Waals surface area contributed by atoms with Gasteiger partial charge in [0.05, 0.1) is 22.9 Å². The predicted molar refractivity (Wildman–Crippen MR) is 186 cm³/mol. The molecule has 3 aromatic heterocycles. The minimum absolute atomic E-state index is 0.193. The molecule has 8 aromatic rings. The highest BCUT2D eigenvalue weighted by atomic mass is 32.1. The first-order valence-corrected chi connectivity index (χ1v) is 15.8. The number of hydrogen-bond donors (Lipinski definition) is 0. The van der Waals surface area contributed by atoms with Crippen LogP contribution in [0.3, 0.4) is 0 Å². The molecular weight excluding hydrogens is 555 g/mol. The van der Waals surface area contributed by atoms with Crippen LogP contribution >= 0.6 is 11.3 Å². The summed E-state index contributed by atoms with van der Waals surface area (Å²) in [4.78, 5) is 10.1. The van der Waals surface area contributed by atoms with Crippen LogP contribution in [0.25, 0.3) is 70.1 Å². The van der Waals surface area contributed by atoms with Gasteiger partial charge in [0.15, 0.2) is 5.82 Å². The molecule has 4 heteroatoms. The van der Waals surface area contributed by atoms with Gasteiger partial charge in [-0.2, -0.15) is 0 Å². The first-order valence-electron chi connectivity index (χ1n) is 15.0. The zero-order valence-electron chi connectivity index (χ0n) is 23.9. The molecule has 0 bridgehead atoms. The van der Waals surface area contributed by atoms with Crippen molar-refractivity contribution in [2.45, 2.75) is 12.5 Å². The molecule has 0 radical (unpaired) electrons. The number of allylic oxidation sites excluding steroid dienone is 4. The highest BCUT2D eigenvalue weighted by Crippen LogP contribution is 2.44. The van der Waals surface area contributed by atoms with Crippen molar-refractivity contribution >= 4 is 58.9 Å². The first kappa shape index (κ1) is 25.2. The van der Waals surface area contributed by atoms with Gasteiger partial charge in [-0.3, -0.25) is 0 Å². The van der Waals surface area contributed by atoms with Crippen LogP contribution < -0.4 is 0 Å². The van der Waals surface area contributed by atoms with E-state index in [0.29, 0.717) is 0 Å². The summed E-state index contributed by atoms with van der Waals surface area (Å²) in [7, 11) is 0. The zero-order valence-corrected chi connectivity index (χ0v) is 24.7. The monoisotopic (exact) mass is 581 g/mol. The van der Waals surface area contributed by atoms with Crippen LogP contribution in [0.5, 0.6) is 0 Å². The van der Waals surface area contributed by atoms with E-state index in [1.54, 1.807) is 0 Å². The van der Waals surface area contributed by atoms with Gasteiger partial charge in [-0.05, 0) is 30.7 Å². The third kappa shape index (κ3) is 4.03. The molecular formula is C40H27N3S. The average Bonchev–Trinajstić information content (AvgIpc) is 3.65. The quantitative estimate of drug-likeness (QED) is 0.207. The van der Waals surface area contributed by atoms with E-state index < -0.39 is 0 Å². The van der Waals surface area contributed by atoms with Gasteiger partial charge in [0.25, 0.3) is 0 Å². The van der Waals surface area contributed by atoms with Crippen LogP contribution in [-0.2, 0) is 0 Å². The molecule has 0 saturated carbocycles. The molecule has 44 heavy (non-hydrogen) atoms. The Hall–Kier alpha value is -5.32. The molecule has 0 spiro atoms. The van der Waals surface area contributed by atoms with Gasteiger partial charge in [-0.25, -0.2) is 9.97 Å². The maximum absolute atomic E-state index is 5.06. The highest BCUT2D eigenvalue weighted by molar-refractivity contribution is 7.26. The second-order valence-electron chi connectivity index (χ2n) is 11.3. The maximum atomic E-state index is 5.06. The highest BCUT2D eigenvalue weighted by Gasteiger charge is 2.22. The topological polar surface area (TPSA) is 30.7 Å². The predicted octanol–water partition coefficient (Wildman–Crippen LogP) is 10.9. The summed E-state index contributed by atoms with van der Waals surface area (Å²) in [5.74, 6) is 0.758. The molecule has 0 amide bonds. The number of para-hydroxylation sites is 1. The van der Waals surface area contributed by atoms with Gasteiger partial charge in [0.1, 0.15) is 0 Å². The molecule has 9 rings (SSSR count). The Morgan fingerprint density at radius 3 is 1.98 bits per heavy atom. The number of hydrogen-bond acceptors (Lipinski definition) is 3. The van der Waals surface area contributed by atoms with Crippen molar-refractivity contribution in [3.8, 4) is 22.5 Å². The van der Waals surface area contributed by atoms with Gasteiger partial charge in [-0.15, -0.1) is 11.3 Å². The summed E-state index contributed by atoms with van der Waals surface area (Å²) in [5.41, 5.74) is 7.65. The molecule has 1 aliphatic rings. The lowest BCUT2D eigenvalue weighted by Crippen LogP contribution is -2.09. The van der Waals surface area contributed by atoms with Crippen LogP contribution in [0.2, 0.25) is 0 Å². The zero-order chi connectivity index (χ0) is 29.0. The summed E-state index contributed by atoms with van der Waals surface area (Å²) in [6, 6.07) is 45.3. The lowest BCUT2D eigenvalue weighted by molar-refractivity contribution is 0.649. The van der Waals surface area contributed by atoms with E-state index in [2.05, 4.69) is 138 Å². The van der Waals surface area contributed by atoms with Crippen molar-refractivity contribution in [1.29, 1.82) is 0 Å². The molecule has 0 N–H and O–H groups in total. The fourth-order valence-corrected chi connectivity index (χ4v) is 7.94. The lowest BCUT2D eigenvalue weighted by Gasteiger charge is -2.20. The van der Waals surface area contributed by atoms with E-state index in [9.17, 15) is 0 Å². The normalized spacial score (nSPS) is 15.0. The third-order valence-corrected chi connectivity index (χ3v) is 9.95. The Morgan fingerprint density at radius 1 is 0.614 bits per heavy atom. The summed E-state index contributed by atoms with van der Waals surface area (Å²) in [6.07, 6.45) is 7.72. The van der Waals surface area contributed by atoms with Crippen molar-refractivity contribution in [3.05, 3.63) is 151 Å². The van der Waals surface area contributed by atoms with Crippen molar-refractivity contribution in [2.75, 3.05) is 0 Å². The maximum Gasteiger partial charge on any atom is 0.160 e. The third-order valence-electron chi connectivity index (χ3n) is 8.75. The summed E-state index contributed by atoms with van der Waals surface area (Å²) in [6.45, 7) is 0. The van der Waals surface area contributed by atoms with Crippen LogP contribution in [0.1, 0.15) is 18.3 Å². The largest absolute Gasteiger partial charge is 0.333 e. The van der Waals surface area contributed by atoms with Crippen molar-refractivity contribution in [2.24, 2.45) is 0 Å². The number of rotatable bonds is 4. The number of thiophene rings is 1. The second kappa shape index (κ2) is 10.1. The van der Waals surface area contributed by atoms with E-state index in [-0.39, 0.29) is 6.04 Å². The summed E-state index contributed by atoms with van der Waals surface area (Å²) >= 11 is 1.90. The first-order chi connectivity index (χ1) is 21.8. The fraction of sp³-hybridized carbons (Fsp3) is 0.0500. The van der Waals surface area contributed by atoms with Crippen LogP contribution in [0, 0.1) is 0 Å². The van der Waals surface area contributed by atoms with Crippen LogP contribution in [0.4, 0.5) is 0 Å². The van der Waals surface area contributed by atoms with Crippen LogP contribution in [0.15, 0.2) is 146 Å². The molecule has 0 fully saturated rings. The SMILES string of the molecule is C1=CC(n2c3ccccc3c3c4sc5ccccc5c4ccc32)CC=C1c1nc(-c2ccccc2)cc(-c2ccccc2)n1. The van der Waals surface area contributed by atoms with Gasteiger partial charge in [-0.1, -0.05) is 121 Å². The second-order valence-corrected chi connectivity index (χ2v) is 12.4. The molecule has 1 atom stereocenters. The molecule has 0 saturated heterocycles. The van der Waals surface area contributed by atoms with Gasteiger partial charge in [0.2, 0.25) is 0 Å². The molecule has 5 aromatic carbocycles. The molecule has 208 valence electrons. The minimum Gasteiger partial charge on any atom is -0.333 e. The van der Waals surface area contributed by atoms with Crippen LogP contribution in [-0.4, -0.2) is 14.5 Å². The van der Waals surface area contributed by atoms with Crippen molar-refractivity contribution < 1.29 is 0 Å². The lowest BCUT2D eigenvalue weighted by atomic mass is 10.0. The Labute approximate surface area is 259 Å². The van der Waals surface area contributed by atoms with Gasteiger partial charge in [0, 0.05) is 53.2 Å². The molecule has 1 aliphatic carbocycles. The summed E-state index contributed by atoms with van der Waals surface area (Å²) in [5, 5.41) is 5.35. The van der Waals surface area contributed by atoms with E-state index >= 15 is 0 Å². The molecule has 3 heterocycles. The Bertz CT molecular complexity index is 2360. The number of benzene rings is 5. The average molecular weight is 582 g/mol. The number of fused-ring (bicyclic) bond motifs is 7. The molecule has 3 nitrogen and oxygen atoms in total. The molecule has 1 unspecified atom stereocenters. The van der Waals surface area contributed by atoms with E-state index in [4.69, 9.17) is 9.97 Å². The van der Waals surface area contributed by atoms with Crippen molar-refractivity contribution in [3.63, 3.8) is 0 Å². The number of aromatic nitrogens is 3. The standard InChI is InChI=1S/C40H27N3S/c1-3-11-26(12-4-1)33-25-34(27-13-5-2-6-14-27)42-40(41-33)28-19-21-29(22-20-28)43-35-17-9-7-16-32(35)38-36(43)24-23-31-30-15-8-10-18-37(30)44-39(31)38/h1-21,23-25,29H,22H2. The van der Waals surface area contributed by atoms with E-state index in [0.717, 1.165) is 40.3 Å². The smallest absolute Gasteiger partial charge is 0.160 e. The van der Waals surface area contributed by atoms with E-state index in [1.165, 1.54) is 42.0 Å². The molecule has 0 aliphatic heterocycles. The number of nitrogens with zero attached hydrogens (tertiary/aromatic N) is 3. The van der Waals surface area contributed by atoms with E-state index in [1.807, 2.05) is 23.5 Å². The Kier molecular flexibility index (Phi) is 5.81.